The molecule has 0 amide bonds. The van der Waals surface area contributed by atoms with Crippen LogP contribution < -0.4 is 0 Å². The van der Waals surface area contributed by atoms with Gasteiger partial charge in [-0.25, -0.2) is 4.39 Å². The summed E-state index contributed by atoms with van der Waals surface area (Å²) in [5.74, 6) is -0.622. The van der Waals surface area contributed by atoms with Crippen molar-refractivity contribution in [2.75, 3.05) is 0 Å². The standard InChI is InChI=1S/C7H10FIO/c1-5(8)4-6(10)7(2,3)9/h4H,1-3H3/b5-4-. The highest BCUT2D eigenvalue weighted by Gasteiger charge is 2.20. The monoisotopic (exact) mass is 256 g/mol. The van der Waals surface area contributed by atoms with Crippen molar-refractivity contribution < 1.29 is 9.18 Å². The Kier molecular flexibility index (Phi) is 3.48. The van der Waals surface area contributed by atoms with Crippen LogP contribution in [0.15, 0.2) is 11.9 Å². The van der Waals surface area contributed by atoms with Crippen LogP contribution in [0.25, 0.3) is 0 Å². The zero-order valence-electron chi connectivity index (χ0n) is 6.24. The molecule has 0 spiro atoms. The largest absolute Gasteiger partial charge is 0.293 e. The molecule has 3 heteroatoms. The zero-order valence-corrected chi connectivity index (χ0v) is 8.40. The van der Waals surface area contributed by atoms with E-state index in [2.05, 4.69) is 0 Å². The van der Waals surface area contributed by atoms with Gasteiger partial charge in [-0.05, 0) is 20.8 Å². The fourth-order valence-electron chi connectivity index (χ4n) is 0.352. The molecule has 0 saturated carbocycles. The predicted octanol–water partition coefficient (Wildman–Crippen LogP) is 2.64. The number of ketones is 1. The van der Waals surface area contributed by atoms with Crippen molar-refractivity contribution >= 4 is 28.4 Å². The van der Waals surface area contributed by atoms with E-state index < -0.39 is 9.25 Å². The molecule has 0 aromatic rings. The van der Waals surface area contributed by atoms with Crippen molar-refractivity contribution in [2.24, 2.45) is 0 Å². The molecule has 0 aliphatic rings. The van der Waals surface area contributed by atoms with E-state index in [1.54, 1.807) is 13.8 Å². The van der Waals surface area contributed by atoms with E-state index >= 15 is 0 Å². The third kappa shape index (κ3) is 3.98. The van der Waals surface area contributed by atoms with Crippen LogP contribution in [0.5, 0.6) is 0 Å². The molecule has 0 aromatic carbocycles. The summed E-state index contributed by atoms with van der Waals surface area (Å²) in [6, 6.07) is 0. The van der Waals surface area contributed by atoms with Gasteiger partial charge in [-0.2, -0.15) is 0 Å². The minimum absolute atomic E-state index is 0.187. The Hall–Kier alpha value is 0.0700. The van der Waals surface area contributed by atoms with Crippen molar-refractivity contribution in [2.45, 2.75) is 24.2 Å². The van der Waals surface area contributed by atoms with Crippen LogP contribution in [0.2, 0.25) is 0 Å². The molecule has 0 saturated heterocycles. The van der Waals surface area contributed by atoms with E-state index in [1.807, 2.05) is 22.6 Å². The summed E-state index contributed by atoms with van der Waals surface area (Å²) in [5, 5.41) is 0. The average Bonchev–Trinajstić information content (AvgIpc) is 1.60. The summed E-state index contributed by atoms with van der Waals surface area (Å²) in [5.41, 5.74) is 0. The minimum atomic E-state index is -0.495. The van der Waals surface area contributed by atoms with Crippen molar-refractivity contribution in [3.8, 4) is 0 Å². The second-order valence-electron chi connectivity index (χ2n) is 2.57. The number of rotatable bonds is 2. The Morgan fingerprint density at radius 3 is 2.10 bits per heavy atom. The number of hydrogen-bond donors (Lipinski definition) is 0. The summed E-state index contributed by atoms with van der Waals surface area (Å²) < 4.78 is 11.6. The Balaban J connectivity index is 4.27. The normalized spacial score (nSPS) is 13.5. The third-order valence-corrected chi connectivity index (χ3v) is 1.45. The molecule has 58 valence electrons. The van der Waals surface area contributed by atoms with Gasteiger partial charge in [0.2, 0.25) is 0 Å². The van der Waals surface area contributed by atoms with Crippen LogP contribution in [0.3, 0.4) is 0 Å². The van der Waals surface area contributed by atoms with E-state index in [1.165, 1.54) is 6.92 Å². The molecule has 0 heterocycles. The predicted molar refractivity (Wildman–Crippen MR) is 48.0 cm³/mol. The fraction of sp³-hybridized carbons (Fsp3) is 0.571. The van der Waals surface area contributed by atoms with Gasteiger partial charge in [-0.1, -0.05) is 22.6 Å². The number of carbonyl (C=O) groups excluding carboxylic acids is 1. The molecule has 0 radical (unpaired) electrons. The van der Waals surface area contributed by atoms with Crippen LogP contribution in [-0.4, -0.2) is 9.20 Å². The van der Waals surface area contributed by atoms with Crippen LogP contribution in [0, 0.1) is 0 Å². The van der Waals surface area contributed by atoms with Gasteiger partial charge < -0.3 is 0 Å². The molecule has 0 aromatic heterocycles. The van der Waals surface area contributed by atoms with E-state index in [-0.39, 0.29) is 5.78 Å². The highest BCUT2D eigenvalue weighted by Crippen LogP contribution is 2.19. The molecule has 0 rings (SSSR count). The van der Waals surface area contributed by atoms with Crippen molar-refractivity contribution in [3.05, 3.63) is 11.9 Å². The molecule has 0 aliphatic heterocycles. The molecule has 10 heavy (non-hydrogen) atoms. The van der Waals surface area contributed by atoms with Crippen LogP contribution in [-0.2, 0) is 4.79 Å². The molecular formula is C7H10FIO. The lowest BCUT2D eigenvalue weighted by Gasteiger charge is -2.10. The molecule has 0 aliphatic carbocycles. The zero-order chi connectivity index (χ0) is 8.36. The first-order valence-corrected chi connectivity index (χ1v) is 3.99. The van der Waals surface area contributed by atoms with Crippen molar-refractivity contribution in [1.82, 2.24) is 0 Å². The second kappa shape index (κ2) is 3.46. The van der Waals surface area contributed by atoms with Crippen molar-refractivity contribution in [1.29, 1.82) is 0 Å². The van der Waals surface area contributed by atoms with E-state index in [0.717, 1.165) is 6.08 Å². The van der Waals surface area contributed by atoms with Gasteiger partial charge in [0.25, 0.3) is 0 Å². The summed E-state index contributed by atoms with van der Waals surface area (Å²) >= 11 is 1.98. The Labute approximate surface area is 73.8 Å². The molecule has 0 fully saturated rings. The van der Waals surface area contributed by atoms with E-state index in [9.17, 15) is 9.18 Å². The Morgan fingerprint density at radius 1 is 1.60 bits per heavy atom. The molecule has 0 unspecified atom stereocenters. The molecule has 0 atom stereocenters. The first-order valence-electron chi connectivity index (χ1n) is 2.91. The van der Waals surface area contributed by atoms with Crippen LogP contribution in [0.1, 0.15) is 20.8 Å². The molecular weight excluding hydrogens is 246 g/mol. The van der Waals surface area contributed by atoms with E-state index in [4.69, 9.17) is 0 Å². The summed E-state index contributed by atoms with van der Waals surface area (Å²) in [6.07, 6.45) is 1.02. The van der Waals surface area contributed by atoms with Gasteiger partial charge in [0, 0.05) is 6.08 Å². The third-order valence-electron chi connectivity index (χ3n) is 0.916. The molecule has 0 bridgehead atoms. The number of halogens is 2. The van der Waals surface area contributed by atoms with Gasteiger partial charge in [-0.15, -0.1) is 0 Å². The number of allylic oxidation sites excluding steroid dienone is 2. The lowest BCUT2D eigenvalue weighted by atomic mass is 10.1. The fourth-order valence-corrected chi connectivity index (χ4v) is 0.508. The van der Waals surface area contributed by atoms with Gasteiger partial charge in [0.1, 0.15) is 5.83 Å². The van der Waals surface area contributed by atoms with E-state index in [0.29, 0.717) is 0 Å². The van der Waals surface area contributed by atoms with Crippen LogP contribution >= 0.6 is 22.6 Å². The summed E-state index contributed by atoms with van der Waals surface area (Å²) in [7, 11) is 0. The van der Waals surface area contributed by atoms with Gasteiger partial charge in [0.05, 0.1) is 3.42 Å². The molecule has 0 N–H and O–H groups in total. The minimum Gasteiger partial charge on any atom is -0.293 e. The summed E-state index contributed by atoms with van der Waals surface area (Å²) in [6.45, 7) is 4.75. The topological polar surface area (TPSA) is 17.1 Å². The smallest absolute Gasteiger partial charge is 0.173 e. The first kappa shape index (κ1) is 10.1. The van der Waals surface area contributed by atoms with Gasteiger partial charge in [0.15, 0.2) is 5.78 Å². The average molecular weight is 256 g/mol. The lowest BCUT2D eigenvalue weighted by Crippen LogP contribution is -2.21. The Morgan fingerprint density at radius 2 is 2.00 bits per heavy atom. The summed E-state index contributed by atoms with van der Waals surface area (Å²) in [4.78, 5) is 11.0. The highest BCUT2D eigenvalue weighted by molar-refractivity contribution is 14.1. The maximum Gasteiger partial charge on any atom is 0.173 e. The van der Waals surface area contributed by atoms with Crippen molar-refractivity contribution in [3.63, 3.8) is 0 Å². The quantitative estimate of drug-likeness (QED) is 0.421. The maximum atomic E-state index is 12.1. The first-order chi connectivity index (χ1) is 4.34. The highest BCUT2D eigenvalue weighted by atomic mass is 127. The Bertz CT molecular complexity index is 163. The number of alkyl halides is 1. The van der Waals surface area contributed by atoms with Gasteiger partial charge >= 0.3 is 0 Å². The van der Waals surface area contributed by atoms with Crippen LogP contribution in [0.4, 0.5) is 4.39 Å². The SMILES string of the molecule is C/C(F)=C/C(=O)C(C)(C)I. The number of carbonyl (C=O) groups is 1. The maximum absolute atomic E-state index is 12.1. The molecule has 1 nitrogen and oxygen atoms in total. The number of hydrogen-bond acceptors (Lipinski definition) is 1. The second-order valence-corrected chi connectivity index (χ2v) is 5.26. The lowest BCUT2D eigenvalue weighted by molar-refractivity contribution is -0.115. The van der Waals surface area contributed by atoms with Gasteiger partial charge in [-0.3, -0.25) is 4.79 Å².